The molecule has 2 N–H and O–H groups in total. The maximum atomic E-state index is 12.4. The molecule has 0 fully saturated rings. The van der Waals surface area contributed by atoms with Crippen molar-refractivity contribution in [3.05, 3.63) is 66.1 Å². The molecule has 1 heterocycles. The molecular weight excluding hydrogens is 366 g/mol. The maximum absolute atomic E-state index is 12.4. The highest BCUT2D eigenvalue weighted by molar-refractivity contribution is 5.93. The molecule has 1 aromatic heterocycles. The van der Waals surface area contributed by atoms with Crippen molar-refractivity contribution in [3.63, 3.8) is 0 Å². The van der Waals surface area contributed by atoms with Crippen molar-refractivity contribution in [2.45, 2.75) is 33.6 Å². The molecule has 0 aliphatic heterocycles. The summed E-state index contributed by atoms with van der Waals surface area (Å²) in [5.41, 5.74) is 2.84. The lowest BCUT2D eigenvalue weighted by molar-refractivity contribution is -0.117. The number of nitrogens with one attached hydrogen (secondary N) is 2. The van der Waals surface area contributed by atoms with Crippen LogP contribution in [0.3, 0.4) is 0 Å². The molecule has 3 rings (SSSR count). The molecule has 0 saturated carbocycles. The Morgan fingerprint density at radius 1 is 0.931 bits per heavy atom. The van der Waals surface area contributed by atoms with Crippen molar-refractivity contribution in [2.75, 3.05) is 10.6 Å². The van der Waals surface area contributed by atoms with Gasteiger partial charge in [0.2, 0.25) is 17.7 Å². The summed E-state index contributed by atoms with van der Waals surface area (Å²) < 4.78 is 5.70. The summed E-state index contributed by atoms with van der Waals surface area (Å²) in [5.74, 6) is 1.23. The third-order valence-corrected chi connectivity index (χ3v) is 4.29. The number of anilines is 2. The highest BCUT2D eigenvalue weighted by atomic mass is 16.4. The van der Waals surface area contributed by atoms with Gasteiger partial charge in [-0.1, -0.05) is 32.0 Å². The number of aryl methyl sites for hydroxylation is 1. The summed E-state index contributed by atoms with van der Waals surface area (Å²) in [7, 11) is 0. The lowest BCUT2D eigenvalue weighted by Gasteiger charge is -2.09. The topological polar surface area (TPSA) is 84.2 Å². The largest absolute Gasteiger partial charge is 0.441 e. The maximum Gasteiger partial charge on any atom is 0.230 e. The van der Waals surface area contributed by atoms with Crippen LogP contribution in [0.25, 0.3) is 11.5 Å². The molecule has 3 aromatic rings. The van der Waals surface area contributed by atoms with Crippen LogP contribution in [-0.4, -0.2) is 16.8 Å². The van der Waals surface area contributed by atoms with E-state index in [1.165, 1.54) is 0 Å². The number of aromatic nitrogens is 1. The minimum Gasteiger partial charge on any atom is -0.441 e. The molecule has 0 radical (unpaired) electrons. The standard InChI is InChI=1S/C23H25N3O3/c1-15(2)13-21(27)24-18-9-11-19(12-10-18)25-22(28)14-20-16(3)29-23(26-20)17-7-5-4-6-8-17/h4-12,15H,13-14H2,1-3H3,(H,24,27)(H,25,28). The predicted molar refractivity (Wildman–Crippen MR) is 114 cm³/mol. The highest BCUT2D eigenvalue weighted by Gasteiger charge is 2.15. The minimum absolute atomic E-state index is 0.0208. The molecular formula is C23H25N3O3. The van der Waals surface area contributed by atoms with E-state index in [1.807, 2.05) is 44.2 Å². The Bertz CT molecular complexity index is 976. The number of hydrogen-bond acceptors (Lipinski definition) is 4. The number of amides is 2. The Morgan fingerprint density at radius 2 is 1.52 bits per heavy atom. The second-order valence-electron chi connectivity index (χ2n) is 7.34. The summed E-state index contributed by atoms with van der Waals surface area (Å²) in [4.78, 5) is 28.7. The van der Waals surface area contributed by atoms with Gasteiger partial charge in [0.05, 0.1) is 12.1 Å². The fraction of sp³-hybridized carbons (Fsp3) is 0.261. The van der Waals surface area contributed by atoms with Crippen LogP contribution >= 0.6 is 0 Å². The Morgan fingerprint density at radius 3 is 2.10 bits per heavy atom. The Hall–Kier alpha value is -3.41. The van der Waals surface area contributed by atoms with Gasteiger partial charge in [0.15, 0.2) is 0 Å². The zero-order valence-corrected chi connectivity index (χ0v) is 16.9. The van der Waals surface area contributed by atoms with Gasteiger partial charge in [0, 0.05) is 23.4 Å². The molecule has 0 unspecified atom stereocenters. The summed E-state index contributed by atoms with van der Waals surface area (Å²) in [6.07, 6.45) is 0.593. The third kappa shape index (κ3) is 5.78. The number of carbonyl (C=O) groups is 2. The van der Waals surface area contributed by atoms with Crippen LogP contribution in [0.5, 0.6) is 0 Å². The van der Waals surface area contributed by atoms with Crippen molar-refractivity contribution in [3.8, 4) is 11.5 Å². The normalized spacial score (nSPS) is 10.8. The van der Waals surface area contributed by atoms with Gasteiger partial charge >= 0.3 is 0 Å². The van der Waals surface area contributed by atoms with Gasteiger partial charge in [-0.15, -0.1) is 0 Å². The average Bonchev–Trinajstić information content (AvgIpc) is 3.04. The van der Waals surface area contributed by atoms with E-state index in [2.05, 4.69) is 15.6 Å². The van der Waals surface area contributed by atoms with E-state index in [0.29, 0.717) is 41.1 Å². The van der Waals surface area contributed by atoms with Crippen LogP contribution in [0, 0.1) is 12.8 Å². The van der Waals surface area contributed by atoms with Crippen molar-refractivity contribution >= 4 is 23.2 Å². The fourth-order valence-corrected chi connectivity index (χ4v) is 2.87. The van der Waals surface area contributed by atoms with Crippen LogP contribution in [0.2, 0.25) is 0 Å². The highest BCUT2D eigenvalue weighted by Crippen LogP contribution is 2.22. The summed E-state index contributed by atoms with van der Waals surface area (Å²) >= 11 is 0. The van der Waals surface area contributed by atoms with Gasteiger partial charge < -0.3 is 15.1 Å². The van der Waals surface area contributed by atoms with Gasteiger partial charge in [0.25, 0.3) is 0 Å². The summed E-state index contributed by atoms with van der Waals surface area (Å²) in [5, 5.41) is 5.69. The minimum atomic E-state index is -0.183. The van der Waals surface area contributed by atoms with E-state index in [1.54, 1.807) is 31.2 Å². The Kier molecular flexibility index (Phi) is 6.44. The monoisotopic (exact) mass is 391 g/mol. The molecule has 6 nitrogen and oxygen atoms in total. The smallest absolute Gasteiger partial charge is 0.230 e. The van der Waals surface area contributed by atoms with Crippen LogP contribution in [-0.2, 0) is 16.0 Å². The number of nitrogens with zero attached hydrogens (tertiary/aromatic N) is 1. The van der Waals surface area contributed by atoms with Crippen molar-refractivity contribution in [2.24, 2.45) is 5.92 Å². The molecule has 0 bridgehead atoms. The third-order valence-electron chi connectivity index (χ3n) is 4.29. The average molecular weight is 391 g/mol. The van der Waals surface area contributed by atoms with E-state index in [0.717, 1.165) is 5.56 Å². The first-order valence-corrected chi connectivity index (χ1v) is 9.62. The van der Waals surface area contributed by atoms with Crippen molar-refractivity contribution < 1.29 is 14.0 Å². The number of hydrogen-bond donors (Lipinski definition) is 2. The van der Waals surface area contributed by atoms with Gasteiger partial charge in [-0.2, -0.15) is 0 Å². The van der Waals surface area contributed by atoms with Gasteiger partial charge in [0.1, 0.15) is 5.76 Å². The summed E-state index contributed by atoms with van der Waals surface area (Å²) in [6, 6.07) is 16.6. The molecule has 150 valence electrons. The molecule has 0 saturated heterocycles. The number of benzene rings is 2. The van der Waals surface area contributed by atoms with Gasteiger partial charge in [-0.3, -0.25) is 9.59 Å². The second kappa shape index (κ2) is 9.19. The van der Waals surface area contributed by atoms with Crippen LogP contribution in [0.15, 0.2) is 59.0 Å². The molecule has 0 atom stereocenters. The van der Waals surface area contributed by atoms with Crippen LogP contribution in [0.1, 0.15) is 31.7 Å². The predicted octanol–water partition coefficient (Wildman–Crippen LogP) is 4.82. The first-order valence-electron chi connectivity index (χ1n) is 9.62. The van der Waals surface area contributed by atoms with Crippen LogP contribution in [0.4, 0.5) is 11.4 Å². The number of oxazole rings is 1. The SMILES string of the molecule is Cc1oc(-c2ccccc2)nc1CC(=O)Nc1ccc(NC(=O)CC(C)C)cc1. The Labute approximate surface area is 170 Å². The van der Waals surface area contributed by atoms with Gasteiger partial charge in [-0.25, -0.2) is 4.98 Å². The van der Waals surface area contributed by atoms with E-state index >= 15 is 0 Å². The van der Waals surface area contributed by atoms with E-state index < -0.39 is 0 Å². The molecule has 0 spiro atoms. The number of carbonyl (C=O) groups excluding carboxylic acids is 2. The van der Waals surface area contributed by atoms with E-state index in [-0.39, 0.29) is 18.2 Å². The second-order valence-corrected chi connectivity index (χ2v) is 7.34. The molecule has 0 aliphatic carbocycles. The lowest BCUT2D eigenvalue weighted by atomic mass is 10.1. The zero-order chi connectivity index (χ0) is 20.8. The quantitative estimate of drug-likeness (QED) is 0.605. The molecule has 2 aromatic carbocycles. The van der Waals surface area contributed by atoms with Gasteiger partial charge in [-0.05, 0) is 49.2 Å². The fourth-order valence-electron chi connectivity index (χ4n) is 2.87. The van der Waals surface area contributed by atoms with E-state index in [4.69, 9.17) is 4.42 Å². The first kappa shape index (κ1) is 20.3. The van der Waals surface area contributed by atoms with E-state index in [9.17, 15) is 9.59 Å². The molecule has 0 aliphatic rings. The number of rotatable bonds is 7. The molecule has 29 heavy (non-hydrogen) atoms. The molecule has 6 heteroatoms. The van der Waals surface area contributed by atoms with Crippen molar-refractivity contribution in [1.82, 2.24) is 4.98 Å². The lowest BCUT2D eigenvalue weighted by Crippen LogP contribution is -2.16. The van der Waals surface area contributed by atoms with Crippen molar-refractivity contribution in [1.29, 1.82) is 0 Å². The zero-order valence-electron chi connectivity index (χ0n) is 16.9. The Balaban J connectivity index is 1.58. The summed E-state index contributed by atoms with van der Waals surface area (Å²) in [6.45, 7) is 5.80. The van der Waals surface area contributed by atoms with Crippen LogP contribution < -0.4 is 10.6 Å². The molecule has 2 amide bonds. The first-order chi connectivity index (χ1) is 13.9.